The van der Waals surface area contributed by atoms with E-state index in [-0.39, 0.29) is 51.2 Å². The van der Waals surface area contributed by atoms with Crippen molar-refractivity contribution >= 4 is 29.8 Å². The van der Waals surface area contributed by atoms with E-state index < -0.39 is 30.5 Å². The number of carbonyl (C=O) groups excluding carboxylic acids is 5. The summed E-state index contributed by atoms with van der Waals surface area (Å²) in [5.74, 6) is -2.53. The predicted octanol–water partition coefficient (Wildman–Crippen LogP) is 0.581. The third kappa shape index (κ3) is 5.37. The molecular formula is C27H28N4O7. The second-order valence-electron chi connectivity index (χ2n) is 9.38. The minimum Gasteiger partial charge on any atom is -0.448 e. The lowest BCUT2D eigenvalue weighted by atomic mass is 9.98. The lowest BCUT2D eigenvalue weighted by Crippen LogP contribution is -2.54. The number of ether oxygens (including phenoxy) is 2. The second-order valence-corrected chi connectivity index (χ2v) is 9.38. The van der Waals surface area contributed by atoms with Crippen molar-refractivity contribution in [3.05, 3.63) is 59.7 Å². The van der Waals surface area contributed by atoms with Gasteiger partial charge in [-0.3, -0.25) is 14.5 Å². The Balaban J connectivity index is 1.09. The van der Waals surface area contributed by atoms with Crippen LogP contribution in [0, 0.1) is 0 Å². The lowest BCUT2D eigenvalue weighted by molar-refractivity contribution is -0.164. The zero-order valence-corrected chi connectivity index (χ0v) is 20.8. The number of fused-ring (bicyclic) bond motifs is 3. The Morgan fingerprint density at radius 3 is 2.03 bits per heavy atom. The molecule has 2 heterocycles. The first-order valence-corrected chi connectivity index (χ1v) is 12.5. The van der Waals surface area contributed by atoms with Gasteiger partial charge >= 0.3 is 18.0 Å². The first-order chi connectivity index (χ1) is 18.4. The number of hydrogen-bond donors (Lipinski definition) is 1. The van der Waals surface area contributed by atoms with Crippen LogP contribution in [0.15, 0.2) is 48.5 Å². The van der Waals surface area contributed by atoms with E-state index in [9.17, 15) is 24.0 Å². The summed E-state index contributed by atoms with van der Waals surface area (Å²) in [6.45, 7) is 0.464. The summed E-state index contributed by atoms with van der Waals surface area (Å²) in [7, 11) is 0. The van der Waals surface area contributed by atoms with Crippen LogP contribution in [0.1, 0.15) is 17.0 Å². The van der Waals surface area contributed by atoms with Crippen molar-refractivity contribution in [3.8, 4) is 11.1 Å². The van der Waals surface area contributed by atoms with Crippen molar-refractivity contribution in [2.45, 2.75) is 5.92 Å². The van der Waals surface area contributed by atoms with Gasteiger partial charge in [0.2, 0.25) is 11.8 Å². The first-order valence-electron chi connectivity index (χ1n) is 12.5. The van der Waals surface area contributed by atoms with Crippen LogP contribution in [-0.2, 0) is 28.7 Å². The lowest BCUT2D eigenvalue weighted by Gasteiger charge is -2.33. The number of amides is 3. The number of piperazine rings is 2. The molecule has 3 amide bonds. The molecule has 0 radical (unpaired) electrons. The van der Waals surface area contributed by atoms with Crippen molar-refractivity contribution in [1.29, 1.82) is 0 Å². The molecule has 0 atom stereocenters. The van der Waals surface area contributed by atoms with Crippen LogP contribution in [0.25, 0.3) is 11.1 Å². The number of nitrogens with one attached hydrogen (secondary N) is 1. The van der Waals surface area contributed by atoms with Crippen LogP contribution in [0.5, 0.6) is 0 Å². The number of nitrogens with zero attached hydrogens (tertiary/aromatic N) is 3. The molecule has 0 bridgehead atoms. The molecular weight excluding hydrogens is 492 g/mol. The summed E-state index contributed by atoms with van der Waals surface area (Å²) in [6, 6.07) is 16.0. The highest BCUT2D eigenvalue weighted by Gasteiger charge is 2.33. The normalized spacial score (nSPS) is 17.2. The van der Waals surface area contributed by atoms with Crippen LogP contribution in [0.3, 0.4) is 0 Å². The molecule has 3 aliphatic rings. The topological polar surface area (TPSA) is 126 Å². The average molecular weight is 521 g/mol. The largest absolute Gasteiger partial charge is 0.448 e. The molecule has 198 valence electrons. The molecule has 1 aliphatic carbocycles. The van der Waals surface area contributed by atoms with Gasteiger partial charge in [-0.05, 0) is 22.3 Å². The molecule has 2 aliphatic heterocycles. The van der Waals surface area contributed by atoms with E-state index in [2.05, 4.69) is 17.4 Å². The monoisotopic (exact) mass is 520 g/mol. The number of esters is 2. The summed E-state index contributed by atoms with van der Waals surface area (Å²) >= 11 is 0. The van der Waals surface area contributed by atoms with Crippen LogP contribution >= 0.6 is 0 Å². The molecule has 0 saturated carbocycles. The quantitative estimate of drug-likeness (QED) is 0.433. The molecule has 5 rings (SSSR count). The maximum atomic E-state index is 12.8. The molecule has 11 nitrogen and oxygen atoms in total. The van der Waals surface area contributed by atoms with Gasteiger partial charge in [0.15, 0.2) is 0 Å². The molecule has 11 heteroatoms. The fraction of sp³-hybridized carbons (Fsp3) is 0.370. The maximum Gasteiger partial charge on any atom is 0.410 e. The first kappa shape index (κ1) is 25.4. The molecule has 1 N–H and O–H groups in total. The molecule has 2 fully saturated rings. The summed E-state index contributed by atoms with van der Waals surface area (Å²) in [6.07, 6.45) is -0.599. The van der Waals surface area contributed by atoms with Gasteiger partial charge in [0.1, 0.15) is 26.2 Å². The highest BCUT2D eigenvalue weighted by atomic mass is 16.6. The van der Waals surface area contributed by atoms with Gasteiger partial charge < -0.3 is 24.6 Å². The molecule has 38 heavy (non-hydrogen) atoms. The highest BCUT2D eigenvalue weighted by molar-refractivity contribution is 5.92. The SMILES string of the molecule is O=C(CN1CCNCC1=O)OC(=O)CN1CCN(C(=O)OCC2c3ccccc3-c3ccccc32)CC1=O. The average Bonchev–Trinajstić information content (AvgIpc) is 3.23. The van der Waals surface area contributed by atoms with Crippen LogP contribution in [0.2, 0.25) is 0 Å². The van der Waals surface area contributed by atoms with Crippen LogP contribution < -0.4 is 5.32 Å². The van der Waals surface area contributed by atoms with E-state index >= 15 is 0 Å². The van der Waals surface area contributed by atoms with E-state index in [0.717, 1.165) is 22.3 Å². The zero-order valence-electron chi connectivity index (χ0n) is 20.8. The maximum absolute atomic E-state index is 12.8. The molecule has 0 spiro atoms. The summed E-state index contributed by atoms with van der Waals surface area (Å²) < 4.78 is 10.4. The van der Waals surface area contributed by atoms with E-state index in [4.69, 9.17) is 9.47 Å². The van der Waals surface area contributed by atoms with Crippen molar-refractivity contribution < 1.29 is 33.4 Å². The molecule has 0 unspecified atom stereocenters. The smallest absolute Gasteiger partial charge is 0.410 e. The molecule has 2 aromatic carbocycles. The molecule has 0 aromatic heterocycles. The Kier molecular flexibility index (Phi) is 7.36. The van der Waals surface area contributed by atoms with E-state index in [0.29, 0.717) is 13.1 Å². The van der Waals surface area contributed by atoms with Crippen LogP contribution in [0.4, 0.5) is 4.79 Å². The van der Waals surface area contributed by atoms with Gasteiger partial charge in [-0.1, -0.05) is 48.5 Å². The third-order valence-electron chi connectivity index (χ3n) is 6.97. The number of carbonyl (C=O) groups is 5. The van der Waals surface area contributed by atoms with Crippen LogP contribution in [-0.4, -0.2) is 104 Å². The van der Waals surface area contributed by atoms with Gasteiger partial charge in [0.05, 0.1) is 6.54 Å². The third-order valence-corrected chi connectivity index (χ3v) is 6.97. The summed E-state index contributed by atoms with van der Waals surface area (Å²) in [4.78, 5) is 65.2. The summed E-state index contributed by atoms with van der Waals surface area (Å²) in [5, 5.41) is 2.89. The minimum atomic E-state index is -0.888. The highest BCUT2D eigenvalue weighted by Crippen LogP contribution is 2.44. The van der Waals surface area contributed by atoms with E-state index in [1.165, 1.54) is 14.7 Å². The van der Waals surface area contributed by atoms with E-state index in [1.54, 1.807) is 0 Å². The Bertz CT molecular complexity index is 1230. The van der Waals surface area contributed by atoms with Gasteiger partial charge in [-0.25, -0.2) is 14.4 Å². The second kappa shape index (κ2) is 11.0. The van der Waals surface area contributed by atoms with Crippen molar-refractivity contribution in [2.24, 2.45) is 0 Å². The van der Waals surface area contributed by atoms with Gasteiger partial charge in [0.25, 0.3) is 0 Å². The van der Waals surface area contributed by atoms with Crippen molar-refractivity contribution in [1.82, 2.24) is 20.0 Å². The predicted molar refractivity (Wildman–Crippen MR) is 134 cm³/mol. The fourth-order valence-electron chi connectivity index (χ4n) is 5.03. The van der Waals surface area contributed by atoms with Crippen molar-refractivity contribution in [2.75, 3.05) is 59.0 Å². The van der Waals surface area contributed by atoms with E-state index in [1.807, 2.05) is 36.4 Å². The van der Waals surface area contributed by atoms with Gasteiger partial charge in [-0.2, -0.15) is 0 Å². The molecule has 2 aromatic rings. The van der Waals surface area contributed by atoms with Gasteiger partial charge in [-0.15, -0.1) is 0 Å². The molecule has 2 saturated heterocycles. The number of hydrogen-bond acceptors (Lipinski definition) is 8. The minimum absolute atomic E-state index is 0.0906. The standard InChI is InChI=1S/C27H28N4O7/c32-23-13-28-9-10-29(23)15-25(34)38-26(35)16-30-11-12-31(14-24(30)33)27(36)37-17-22-20-7-3-1-5-18(20)19-6-2-4-8-21(19)22/h1-8,22,28H,9-17H2. The number of rotatable bonds is 6. The number of benzene rings is 2. The zero-order chi connectivity index (χ0) is 26.6. The Morgan fingerprint density at radius 2 is 1.42 bits per heavy atom. The Labute approximate surface area is 219 Å². The van der Waals surface area contributed by atoms with Crippen molar-refractivity contribution in [3.63, 3.8) is 0 Å². The van der Waals surface area contributed by atoms with Gasteiger partial charge in [0, 0.05) is 32.1 Å². The summed E-state index contributed by atoms with van der Waals surface area (Å²) in [5.41, 5.74) is 4.43. The fourth-order valence-corrected chi connectivity index (χ4v) is 5.03. The Hall–Kier alpha value is -4.25. The Morgan fingerprint density at radius 1 is 0.816 bits per heavy atom.